The van der Waals surface area contributed by atoms with E-state index in [9.17, 15) is 15.3 Å². The summed E-state index contributed by atoms with van der Waals surface area (Å²) in [7, 11) is 0. The maximum atomic E-state index is 11.3. The number of hydrogen-bond acceptors (Lipinski definition) is 5. The first-order valence-electron chi connectivity index (χ1n) is 12.0. The SMILES string of the molecule is Cc1nc2c(O)cccc2cc1-c1c(O)ccc(-c2ccccc2)c1-c1cc2cccc(O)c2nc1C.[Al+3]. The number of nitrogens with zero attached hydrogens (tertiary/aromatic N) is 2. The molecule has 0 aliphatic rings. The molecule has 2 heterocycles. The number of fused-ring (bicyclic) bond motifs is 2. The average molecular weight is 512 g/mol. The van der Waals surface area contributed by atoms with Gasteiger partial charge in [-0.1, -0.05) is 60.7 Å². The smallest absolute Gasteiger partial charge is 0.507 e. The van der Waals surface area contributed by atoms with Crippen LogP contribution in [0.4, 0.5) is 0 Å². The number of phenolic OH excluding ortho intramolecular Hbond substituents is 3. The Hall–Kier alpha value is -4.37. The molecule has 0 bridgehead atoms. The Bertz CT molecular complexity index is 1840. The molecule has 0 atom stereocenters. The van der Waals surface area contributed by atoms with E-state index < -0.39 is 0 Å². The molecule has 0 aliphatic heterocycles. The van der Waals surface area contributed by atoms with Crippen molar-refractivity contribution >= 4 is 39.2 Å². The number of rotatable bonds is 3. The van der Waals surface area contributed by atoms with E-state index >= 15 is 0 Å². The normalized spacial score (nSPS) is 11.0. The van der Waals surface area contributed by atoms with Crippen LogP contribution in [0.15, 0.2) is 91.0 Å². The Morgan fingerprint density at radius 2 is 1.03 bits per heavy atom. The summed E-state index contributed by atoms with van der Waals surface area (Å²) < 4.78 is 0. The summed E-state index contributed by atoms with van der Waals surface area (Å²) in [5.74, 6) is 0.361. The Morgan fingerprint density at radius 3 is 1.58 bits per heavy atom. The van der Waals surface area contributed by atoms with Gasteiger partial charge in [0.2, 0.25) is 0 Å². The minimum absolute atomic E-state index is 0. The van der Waals surface area contributed by atoms with Gasteiger partial charge in [0.15, 0.2) is 0 Å². The third kappa shape index (κ3) is 4.14. The van der Waals surface area contributed by atoms with Crippen LogP contribution in [0.3, 0.4) is 0 Å². The van der Waals surface area contributed by atoms with Gasteiger partial charge in [0.25, 0.3) is 0 Å². The van der Waals surface area contributed by atoms with Crippen LogP contribution in [0.5, 0.6) is 17.2 Å². The van der Waals surface area contributed by atoms with Crippen LogP contribution in [0, 0.1) is 13.8 Å². The van der Waals surface area contributed by atoms with Crippen molar-refractivity contribution in [3.05, 3.63) is 102 Å². The van der Waals surface area contributed by atoms with Crippen molar-refractivity contribution in [1.29, 1.82) is 0 Å². The molecule has 6 aromatic rings. The quantitative estimate of drug-likeness (QED) is 0.220. The van der Waals surface area contributed by atoms with E-state index in [2.05, 4.69) is 0 Å². The van der Waals surface area contributed by atoms with Crippen LogP contribution in [0.1, 0.15) is 11.4 Å². The van der Waals surface area contributed by atoms with E-state index in [1.54, 1.807) is 30.3 Å². The van der Waals surface area contributed by atoms with Crippen molar-refractivity contribution in [3.8, 4) is 50.6 Å². The molecule has 38 heavy (non-hydrogen) atoms. The molecule has 0 fully saturated rings. The fraction of sp³-hybridized carbons (Fsp3) is 0.0625. The van der Waals surface area contributed by atoms with Crippen molar-refractivity contribution < 1.29 is 15.3 Å². The molecule has 2 aromatic heterocycles. The van der Waals surface area contributed by atoms with Gasteiger partial charge < -0.3 is 15.3 Å². The van der Waals surface area contributed by atoms with Gasteiger partial charge in [-0.25, -0.2) is 9.97 Å². The number of para-hydroxylation sites is 2. The van der Waals surface area contributed by atoms with Crippen molar-refractivity contribution in [1.82, 2.24) is 9.97 Å². The number of aromatic nitrogens is 2. The fourth-order valence-corrected chi connectivity index (χ4v) is 5.06. The Morgan fingerprint density at radius 1 is 0.500 bits per heavy atom. The molecule has 180 valence electrons. The second-order valence-corrected chi connectivity index (χ2v) is 9.19. The van der Waals surface area contributed by atoms with E-state index in [0.717, 1.165) is 44.3 Å². The summed E-state index contributed by atoms with van der Waals surface area (Å²) in [5, 5.41) is 33.7. The van der Waals surface area contributed by atoms with Crippen LogP contribution >= 0.6 is 0 Å². The van der Waals surface area contributed by atoms with E-state index in [-0.39, 0.29) is 34.6 Å². The molecule has 0 aliphatic carbocycles. The van der Waals surface area contributed by atoms with Gasteiger partial charge in [-0.2, -0.15) is 0 Å². The molecule has 0 saturated heterocycles. The molecular formula is C32H24AlN2O3+3. The topological polar surface area (TPSA) is 86.5 Å². The molecule has 0 radical (unpaired) electrons. The zero-order valence-electron chi connectivity index (χ0n) is 21.0. The van der Waals surface area contributed by atoms with Gasteiger partial charge in [0, 0.05) is 44.4 Å². The van der Waals surface area contributed by atoms with Gasteiger partial charge in [-0.3, -0.25) is 0 Å². The summed E-state index contributed by atoms with van der Waals surface area (Å²) in [4.78, 5) is 9.46. The van der Waals surface area contributed by atoms with Crippen molar-refractivity contribution in [2.24, 2.45) is 0 Å². The number of benzene rings is 4. The van der Waals surface area contributed by atoms with Crippen LogP contribution in [0.25, 0.3) is 55.2 Å². The molecule has 6 rings (SSSR count). The monoisotopic (exact) mass is 511 g/mol. The zero-order valence-corrected chi connectivity index (χ0v) is 22.1. The molecule has 0 spiro atoms. The first kappa shape index (κ1) is 25.3. The van der Waals surface area contributed by atoms with Crippen molar-refractivity contribution in [2.75, 3.05) is 0 Å². The second kappa shape index (κ2) is 9.83. The van der Waals surface area contributed by atoms with Crippen LogP contribution in [0.2, 0.25) is 0 Å². The summed E-state index contributed by atoms with van der Waals surface area (Å²) >= 11 is 0. The molecule has 0 unspecified atom stereocenters. The molecule has 0 saturated carbocycles. The van der Waals surface area contributed by atoms with Gasteiger partial charge in [0.05, 0.1) is 0 Å². The minimum atomic E-state index is 0. The number of aryl methyl sites for hydroxylation is 2. The second-order valence-electron chi connectivity index (χ2n) is 9.19. The minimum Gasteiger partial charge on any atom is -0.507 e. The maximum absolute atomic E-state index is 11.3. The fourth-order valence-electron chi connectivity index (χ4n) is 5.06. The van der Waals surface area contributed by atoms with Gasteiger partial charge >= 0.3 is 17.4 Å². The summed E-state index contributed by atoms with van der Waals surface area (Å²) in [6.45, 7) is 3.79. The molecule has 6 heteroatoms. The number of phenols is 3. The van der Waals surface area contributed by atoms with E-state index in [4.69, 9.17) is 9.97 Å². The first-order valence-corrected chi connectivity index (χ1v) is 12.0. The third-order valence-electron chi connectivity index (χ3n) is 6.84. The van der Waals surface area contributed by atoms with Gasteiger partial charge in [-0.15, -0.1) is 0 Å². The Kier molecular flexibility index (Phi) is 6.54. The molecule has 4 aromatic carbocycles. The Balaban J connectivity index is 0.00000294. The number of pyridine rings is 2. The van der Waals surface area contributed by atoms with Gasteiger partial charge in [0.1, 0.15) is 28.3 Å². The maximum Gasteiger partial charge on any atom is 3.00 e. The predicted molar refractivity (Wildman–Crippen MR) is 154 cm³/mol. The predicted octanol–water partition coefficient (Wildman–Crippen LogP) is 7.14. The largest absolute Gasteiger partial charge is 3.00 e. The third-order valence-corrected chi connectivity index (χ3v) is 6.84. The zero-order chi connectivity index (χ0) is 25.7. The number of hydrogen-bond donors (Lipinski definition) is 3. The molecule has 0 amide bonds. The van der Waals surface area contributed by atoms with Crippen molar-refractivity contribution in [3.63, 3.8) is 0 Å². The van der Waals surface area contributed by atoms with E-state index in [1.165, 1.54) is 0 Å². The van der Waals surface area contributed by atoms with Gasteiger partial charge in [-0.05, 0) is 55.3 Å². The summed E-state index contributed by atoms with van der Waals surface area (Å²) in [6.07, 6.45) is 0. The van der Waals surface area contributed by atoms with Crippen LogP contribution in [-0.4, -0.2) is 42.6 Å². The Labute approximate surface area is 230 Å². The van der Waals surface area contributed by atoms with Crippen molar-refractivity contribution in [2.45, 2.75) is 13.8 Å². The van der Waals surface area contributed by atoms with E-state index in [0.29, 0.717) is 22.3 Å². The summed E-state index contributed by atoms with van der Waals surface area (Å²) in [5.41, 5.74) is 7.46. The van der Waals surface area contributed by atoms with E-state index in [1.807, 2.05) is 74.5 Å². The molecule has 3 N–H and O–H groups in total. The standard InChI is InChI=1S/C32H24N2O3.Al/c1-18-24(16-21-10-6-12-27(36)31(21)33-18)29-23(20-8-4-3-5-9-20)14-15-26(35)30(29)25-17-22-11-7-13-28(37)32(22)34-19(25)2;/h3-17,35-37H,1-2H3;/q;+3. The molecular weight excluding hydrogens is 487 g/mol. The summed E-state index contributed by atoms with van der Waals surface area (Å²) in [6, 6.07) is 28.3. The first-order chi connectivity index (χ1) is 17.9. The molecule has 5 nitrogen and oxygen atoms in total. The van der Waals surface area contributed by atoms with Crippen LogP contribution in [-0.2, 0) is 0 Å². The average Bonchev–Trinajstić information content (AvgIpc) is 2.90. The number of aromatic hydroxyl groups is 3. The van der Waals surface area contributed by atoms with Crippen LogP contribution < -0.4 is 0 Å².